The molecule has 1 atom stereocenters. The van der Waals surface area contributed by atoms with Gasteiger partial charge in [-0.3, -0.25) is 9.36 Å². The van der Waals surface area contributed by atoms with Crippen molar-refractivity contribution in [1.82, 2.24) is 30.0 Å². The fourth-order valence-corrected chi connectivity index (χ4v) is 2.52. The van der Waals surface area contributed by atoms with Crippen LogP contribution in [0, 0.1) is 0 Å². The lowest BCUT2D eigenvalue weighted by molar-refractivity contribution is 0.0934. The van der Waals surface area contributed by atoms with Crippen LogP contribution in [0.1, 0.15) is 55.3 Å². The first-order chi connectivity index (χ1) is 12.6. The number of carbonyl (C=O) groups excluding carboxylic acids is 1. The second-order valence-corrected chi connectivity index (χ2v) is 6.58. The maximum atomic E-state index is 12.2. The minimum atomic E-state index is -0.194. The van der Waals surface area contributed by atoms with Crippen LogP contribution in [-0.4, -0.2) is 36.6 Å². The lowest BCUT2D eigenvalue weighted by Crippen LogP contribution is -2.32. The number of hydrogen-bond acceptors (Lipinski definition) is 6. The average Bonchev–Trinajstić information content (AvgIpc) is 3.20. The van der Waals surface area contributed by atoms with Crippen LogP contribution in [0.4, 0.5) is 0 Å². The van der Waals surface area contributed by atoms with Crippen LogP contribution in [0.25, 0.3) is 17.3 Å². The fraction of sp³-hybridized carbons (Fsp3) is 0.389. The molecule has 26 heavy (non-hydrogen) atoms. The van der Waals surface area contributed by atoms with Crippen LogP contribution < -0.4 is 5.32 Å². The Morgan fingerprint density at radius 1 is 1.42 bits per heavy atom. The quantitative estimate of drug-likeness (QED) is 0.732. The van der Waals surface area contributed by atoms with Gasteiger partial charge in [0.1, 0.15) is 17.8 Å². The predicted molar refractivity (Wildman–Crippen MR) is 93.8 cm³/mol. The van der Waals surface area contributed by atoms with Gasteiger partial charge in [0, 0.05) is 29.9 Å². The zero-order valence-corrected chi connectivity index (χ0v) is 14.7. The monoisotopic (exact) mass is 352 g/mol. The molecular weight excluding hydrogens is 332 g/mol. The van der Waals surface area contributed by atoms with E-state index in [1.807, 2.05) is 26.0 Å². The third-order valence-electron chi connectivity index (χ3n) is 4.45. The predicted octanol–water partition coefficient (Wildman–Crippen LogP) is 2.72. The molecule has 0 aromatic carbocycles. The Kier molecular flexibility index (Phi) is 4.24. The van der Waals surface area contributed by atoms with Crippen molar-refractivity contribution in [3.05, 3.63) is 42.4 Å². The van der Waals surface area contributed by atoms with Crippen molar-refractivity contribution in [2.45, 2.75) is 45.1 Å². The summed E-state index contributed by atoms with van der Waals surface area (Å²) in [5, 5.41) is 6.94. The molecule has 0 unspecified atom stereocenters. The van der Waals surface area contributed by atoms with Crippen molar-refractivity contribution in [3.8, 4) is 17.3 Å². The number of amides is 1. The van der Waals surface area contributed by atoms with Gasteiger partial charge in [0.2, 0.25) is 0 Å². The third kappa shape index (κ3) is 3.35. The lowest BCUT2D eigenvalue weighted by atomic mass is 10.2. The van der Waals surface area contributed by atoms with Crippen molar-refractivity contribution >= 4 is 5.91 Å². The van der Waals surface area contributed by atoms with E-state index in [1.54, 1.807) is 23.3 Å². The fourth-order valence-electron chi connectivity index (χ4n) is 2.52. The Bertz CT molecular complexity index is 927. The lowest BCUT2D eigenvalue weighted by Gasteiger charge is -2.09. The minimum Gasteiger partial charge on any atom is -0.348 e. The number of hydrogen-bond donors (Lipinski definition) is 1. The molecule has 1 aliphatic carbocycles. The van der Waals surface area contributed by atoms with Crippen molar-refractivity contribution < 1.29 is 9.32 Å². The summed E-state index contributed by atoms with van der Waals surface area (Å²) in [6.45, 7) is 3.98. The van der Waals surface area contributed by atoms with Crippen LogP contribution in [0.15, 0.2) is 35.4 Å². The van der Waals surface area contributed by atoms with Gasteiger partial charge in [-0.15, -0.1) is 0 Å². The van der Waals surface area contributed by atoms with Gasteiger partial charge >= 0.3 is 0 Å². The molecule has 0 bridgehead atoms. The highest BCUT2D eigenvalue weighted by atomic mass is 16.5. The maximum Gasteiger partial charge on any atom is 0.271 e. The summed E-state index contributed by atoms with van der Waals surface area (Å²) in [6.07, 6.45) is 8.01. The smallest absolute Gasteiger partial charge is 0.271 e. The molecule has 4 rings (SSSR count). The molecule has 1 N–H and O–H groups in total. The number of rotatable bonds is 6. The molecule has 0 aliphatic heterocycles. The molecule has 1 saturated carbocycles. The summed E-state index contributed by atoms with van der Waals surface area (Å²) in [7, 11) is 0. The van der Waals surface area contributed by atoms with Gasteiger partial charge in [-0.1, -0.05) is 12.1 Å². The molecule has 8 nitrogen and oxygen atoms in total. The van der Waals surface area contributed by atoms with Gasteiger partial charge in [0.25, 0.3) is 11.8 Å². The van der Waals surface area contributed by atoms with E-state index in [-0.39, 0.29) is 11.9 Å². The summed E-state index contributed by atoms with van der Waals surface area (Å²) in [4.78, 5) is 25.2. The molecule has 1 fully saturated rings. The third-order valence-corrected chi connectivity index (χ3v) is 4.45. The molecule has 0 radical (unpaired) electrons. The van der Waals surface area contributed by atoms with E-state index in [4.69, 9.17) is 4.52 Å². The van der Waals surface area contributed by atoms with E-state index in [9.17, 15) is 4.79 Å². The number of carbonyl (C=O) groups is 1. The van der Waals surface area contributed by atoms with Gasteiger partial charge in [-0.25, -0.2) is 9.97 Å². The SMILES string of the molecule is CC[C@H](C)NC(=O)c1cn(-c2cc(-c3nc(C4CC4)no3)ccn2)cn1. The summed E-state index contributed by atoms with van der Waals surface area (Å²) >= 11 is 0. The highest BCUT2D eigenvalue weighted by Crippen LogP contribution is 2.38. The summed E-state index contributed by atoms with van der Waals surface area (Å²) in [6, 6.07) is 3.76. The van der Waals surface area contributed by atoms with Crippen molar-refractivity contribution in [1.29, 1.82) is 0 Å². The van der Waals surface area contributed by atoms with Crippen molar-refractivity contribution in [2.24, 2.45) is 0 Å². The zero-order chi connectivity index (χ0) is 18.1. The standard InChI is InChI=1S/C18H20N6O2/c1-3-11(2)21-17(25)14-9-24(10-20-14)15-8-13(6-7-19-15)18-22-16(23-26-18)12-4-5-12/h6-12H,3-5H2,1-2H3,(H,21,25)/t11-/m0/s1. The van der Waals surface area contributed by atoms with Crippen molar-refractivity contribution in [2.75, 3.05) is 0 Å². The van der Waals surface area contributed by atoms with E-state index in [1.165, 1.54) is 0 Å². The number of aromatic nitrogens is 5. The summed E-state index contributed by atoms with van der Waals surface area (Å²) in [5.74, 6) is 2.12. The number of nitrogens with one attached hydrogen (secondary N) is 1. The summed E-state index contributed by atoms with van der Waals surface area (Å²) in [5.41, 5.74) is 1.14. The first kappa shape index (κ1) is 16.4. The first-order valence-electron chi connectivity index (χ1n) is 8.79. The topological polar surface area (TPSA) is 98.7 Å². The summed E-state index contributed by atoms with van der Waals surface area (Å²) < 4.78 is 7.07. The van der Waals surface area contributed by atoms with Crippen LogP contribution in [0.5, 0.6) is 0 Å². The number of imidazole rings is 1. The Hall–Kier alpha value is -3.03. The molecule has 3 heterocycles. The molecule has 3 aromatic heterocycles. The van der Waals surface area contributed by atoms with Crippen LogP contribution in [0.2, 0.25) is 0 Å². The average molecular weight is 352 g/mol. The van der Waals surface area contributed by atoms with Crippen molar-refractivity contribution in [3.63, 3.8) is 0 Å². The molecule has 0 saturated heterocycles. The Morgan fingerprint density at radius 3 is 3.04 bits per heavy atom. The van der Waals surface area contributed by atoms with Gasteiger partial charge in [-0.05, 0) is 38.3 Å². The van der Waals surface area contributed by atoms with E-state index in [0.717, 1.165) is 30.7 Å². The van der Waals surface area contributed by atoms with Gasteiger partial charge in [-0.2, -0.15) is 4.98 Å². The molecule has 134 valence electrons. The zero-order valence-electron chi connectivity index (χ0n) is 14.7. The molecular formula is C18H20N6O2. The largest absolute Gasteiger partial charge is 0.348 e. The minimum absolute atomic E-state index is 0.104. The maximum absolute atomic E-state index is 12.2. The van der Waals surface area contributed by atoms with Gasteiger partial charge in [0.05, 0.1) is 0 Å². The highest BCUT2D eigenvalue weighted by molar-refractivity contribution is 5.92. The van der Waals surface area contributed by atoms with Gasteiger partial charge < -0.3 is 9.84 Å². The normalized spacial score (nSPS) is 15.0. The Balaban J connectivity index is 1.55. The number of nitrogens with zero attached hydrogens (tertiary/aromatic N) is 5. The van der Waals surface area contributed by atoms with Crippen LogP contribution in [0.3, 0.4) is 0 Å². The van der Waals surface area contributed by atoms with E-state index >= 15 is 0 Å². The Morgan fingerprint density at radius 2 is 2.27 bits per heavy atom. The second kappa shape index (κ2) is 6.70. The molecule has 1 aliphatic rings. The van der Waals surface area contributed by atoms with Crippen LogP contribution >= 0.6 is 0 Å². The molecule has 3 aromatic rings. The number of pyridine rings is 1. The van der Waals surface area contributed by atoms with Crippen LogP contribution in [-0.2, 0) is 0 Å². The van der Waals surface area contributed by atoms with Gasteiger partial charge in [0.15, 0.2) is 5.82 Å². The molecule has 8 heteroatoms. The molecule has 1 amide bonds. The van der Waals surface area contributed by atoms with E-state index in [0.29, 0.717) is 23.3 Å². The Labute approximate surface area is 150 Å². The van der Waals surface area contributed by atoms with E-state index < -0.39 is 0 Å². The first-order valence-corrected chi connectivity index (χ1v) is 8.79. The highest BCUT2D eigenvalue weighted by Gasteiger charge is 2.29. The molecule has 0 spiro atoms. The second-order valence-electron chi connectivity index (χ2n) is 6.58. The van der Waals surface area contributed by atoms with E-state index in [2.05, 4.69) is 25.4 Å².